The Hall–Kier alpha value is -2.25. The average Bonchev–Trinajstić information content (AvgIpc) is 2.53. The van der Waals surface area contributed by atoms with E-state index in [1.54, 1.807) is 31.3 Å². The molecule has 0 bridgehead atoms. The van der Waals surface area contributed by atoms with E-state index in [-0.39, 0.29) is 17.2 Å². The van der Waals surface area contributed by atoms with Crippen molar-refractivity contribution in [1.82, 2.24) is 25.1 Å². The summed E-state index contributed by atoms with van der Waals surface area (Å²) >= 11 is 0. The van der Waals surface area contributed by atoms with Crippen molar-refractivity contribution in [3.63, 3.8) is 0 Å². The van der Waals surface area contributed by atoms with E-state index in [9.17, 15) is 9.59 Å². The molecule has 2 heterocycles. The van der Waals surface area contributed by atoms with Crippen LogP contribution in [-0.4, -0.2) is 58.8 Å². The molecule has 7 heteroatoms. The summed E-state index contributed by atoms with van der Waals surface area (Å²) in [6, 6.07) is 7.05. The third kappa shape index (κ3) is 2.72. The Morgan fingerprint density at radius 1 is 1.09 bits per heavy atom. The van der Waals surface area contributed by atoms with Crippen LogP contribution in [0.2, 0.25) is 0 Å². The van der Waals surface area contributed by atoms with Crippen molar-refractivity contribution in [3.8, 4) is 0 Å². The van der Waals surface area contributed by atoms with E-state index in [0.717, 1.165) is 26.2 Å². The number of hydrogen-bond acceptors (Lipinski definition) is 5. The molecule has 1 aliphatic heterocycles. The van der Waals surface area contributed by atoms with Crippen LogP contribution in [0.1, 0.15) is 10.5 Å². The van der Waals surface area contributed by atoms with Crippen LogP contribution >= 0.6 is 0 Å². The van der Waals surface area contributed by atoms with E-state index in [1.807, 2.05) is 5.01 Å². The zero-order chi connectivity index (χ0) is 15.7. The maximum absolute atomic E-state index is 12.5. The number of nitrogens with zero attached hydrogens (tertiary/aromatic N) is 4. The predicted octanol–water partition coefficient (Wildman–Crippen LogP) is -0.174. The molecule has 1 N–H and O–H groups in total. The highest BCUT2D eigenvalue weighted by molar-refractivity contribution is 6.04. The van der Waals surface area contributed by atoms with E-state index < -0.39 is 0 Å². The number of aryl methyl sites for hydroxylation is 1. The average molecular weight is 301 g/mol. The molecular weight excluding hydrogens is 282 g/mol. The van der Waals surface area contributed by atoms with Gasteiger partial charge in [-0.1, -0.05) is 18.2 Å². The van der Waals surface area contributed by atoms with E-state index in [1.165, 1.54) is 4.68 Å². The number of hydrogen-bond donors (Lipinski definition) is 1. The van der Waals surface area contributed by atoms with Crippen LogP contribution < -0.4 is 11.0 Å². The molecule has 2 aromatic rings. The van der Waals surface area contributed by atoms with Gasteiger partial charge in [0.15, 0.2) is 5.69 Å². The quantitative estimate of drug-likeness (QED) is 0.834. The Morgan fingerprint density at radius 2 is 1.73 bits per heavy atom. The maximum Gasteiger partial charge on any atom is 0.286 e. The maximum atomic E-state index is 12.5. The Morgan fingerprint density at radius 3 is 2.41 bits per heavy atom. The van der Waals surface area contributed by atoms with Crippen molar-refractivity contribution in [1.29, 1.82) is 0 Å². The summed E-state index contributed by atoms with van der Waals surface area (Å²) in [5.41, 5.74) is 2.96. The van der Waals surface area contributed by atoms with Crippen LogP contribution in [0.5, 0.6) is 0 Å². The van der Waals surface area contributed by atoms with Crippen molar-refractivity contribution in [2.24, 2.45) is 7.05 Å². The van der Waals surface area contributed by atoms with Gasteiger partial charge in [-0.25, -0.2) is 9.69 Å². The van der Waals surface area contributed by atoms with Gasteiger partial charge in [-0.3, -0.25) is 15.0 Å². The normalized spacial score (nSPS) is 16.8. The molecule has 1 aromatic heterocycles. The predicted molar refractivity (Wildman–Crippen MR) is 83.5 cm³/mol. The first-order valence-electron chi connectivity index (χ1n) is 7.27. The fraction of sp³-hybridized carbons (Fsp3) is 0.400. The molecule has 0 spiro atoms. The molecule has 0 unspecified atom stereocenters. The molecule has 1 fully saturated rings. The van der Waals surface area contributed by atoms with Gasteiger partial charge in [-0.15, -0.1) is 0 Å². The van der Waals surface area contributed by atoms with Gasteiger partial charge in [0.25, 0.3) is 11.5 Å². The fourth-order valence-corrected chi connectivity index (χ4v) is 2.58. The van der Waals surface area contributed by atoms with E-state index in [4.69, 9.17) is 0 Å². The largest absolute Gasteiger partial charge is 0.304 e. The molecule has 3 rings (SSSR count). The lowest BCUT2D eigenvalue weighted by atomic mass is 10.1. The summed E-state index contributed by atoms with van der Waals surface area (Å²) in [4.78, 5) is 26.8. The lowest BCUT2D eigenvalue weighted by Crippen LogP contribution is -2.52. The van der Waals surface area contributed by atoms with E-state index in [0.29, 0.717) is 10.8 Å². The first-order valence-corrected chi connectivity index (χ1v) is 7.27. The van der Waals surface area contributed by atoms with Crippen LogP contribution in [0.4, 0.5) is 0 Å². The lowest BCUT2D eigenvalue weighted by molar-refractivity contribution is 0.0657. The molecule has 1 aliphatic rings. The Balaban J connectivity index is 1.91. The second-order valence-electron chi connectivity index (χ2n) is 5.55. The number of carbonyl (C=O) groups is 1. The molecule has 1 amide bonds. The molecule has 116 valence electrons. The highest BCUT2D eigenvalue weighted by Crippen LogP contribution is 2.13. The number of nitrogens with one attached hydrogen (secondary N) is 1. The van der Waals surface area contributed by atoms with Crippen molar-refractivity contribution in [2.75, 3.05) is 33.2 Å². The van der Waals surface area contributed by atoms with Gasteiger partial charge >= 0.3 is 0 Å². The molecule has 0 atom stereocenters. The number of fused-ring (bicyclic) bond motifs is 1. The van der Waals surface area contributed by atoms with Crippen molar-refractivity contribution >= 4 is 16.7 Å². The second kappa shape index (κ2) is 5.86. The van der Waals surface area contributed by atoms with Crippen molar-refractivity contribution in [3.05, 3.63) is 40.3 Å². The zero-order valence-corrected chi connectivity index (χ0v) is 12.7. The summed E-state index contributed by atoms with van der Waals surface area (Å²) in [6.45, 7) is 3.35. The number of benzene rings is 1. The SMILES string of the molecule is CN1CCN(NC(=O)c2nn(C)c(=O)c3ccccc23)CC1. The summed E-state index contributed by atoms with van der Waals surface area (Å²) in [7, 11) is 3.61. The van der Waals surface area contributed by atoms with Gasteiger partial charge in [0.2, 0.25) is 0 Å². The fourth-order valence-electron chi connectivity index (χ4n) is 2.58. The van der Waals surface area contributed by atoms with Crippen LogP contribution in [-0.2, 0) is 7.05 Å². The third-order valence-corrected chi connectivity index (χ3v) is 3.93. The topological polar surface area (TPSA) is 70.5 Å². The van der Waals surface area contributed by atoms with Gasteiger partial charge in [-0.05, 0) is 13.1 Å². The molecule has 0 aliphatic carbocycles. The van der Waals surface area contributed by atoms with E-state index >= 15 is 0 Å². The monoisotopic (exact) mass is 301 g/mol. The van der Waals surface area contributed by atoms with E-state index in [2.05, 4.69) is 22.5 Å². The minimum Gasteiger partial charge on any atom is -0.304 e. The highest BCUT2D eigenvalue weighted by Gasteiger charge is 2.20. The van der Waals surface area contributed by atoms with Crippen LogP contribution in [0.25, 0.3) is 10.8 Å². The number of amides is 1. The number of piperazine rings is 1. The molecule has 7 nitrogen and oxygen atoms in total. The Kier molecular flexibility index (Phi) is 3.91. The molecule has 1 aromatic carbocycles. The second-order valence-corrected chi connectivity index (χ2v) is 5.55. The van der Waals surface area contributed by atoms with Crippen LogP contribution in [0.15, 0.2) is 29.1 Å². The third-order valence-electron chi connectivity index (χ3n) is 3.93. The standard InChI is InChI=1S/C15H19N5O2/c1-18-7-9-20(10-8-18)17-14(21)13-11-5-3-4-6-12(11)15(22)19(2)16-13/h3-6H,7-10H2,1-2H3,(H,17,21). The van der Waals surface area contributed by atoms with Gasteiger partial charge in [0.05, 0.1) is 5.39 Å². The summed E-state index contributed by atoms with van der Waals surface area (Å²) in [5, 5.41) is 7.11. The minimum atomic E-state index is -0.281. The molecule has 0 saturated carbocycles. The van der Waals surface area contributed by atoms with Crippen LogP contribution in [0.3, 0.4) is 0 Å². The van der Waals surface area contributed by atoms with Gasteiger partial charge in [0, 0.05) is 38.6 Å². The summed E-state index contributed by atoms with van der Waals surface area (Å²) < 4.78 is 1.21. The Bertz CT molecular complexity index is 762. The number of hydrazine groups is 1. The highest BCUT2D eigenvalue weighted by atomic mass is 16.2. The summed E-state index contributed by atoms with van der Waals surface area (Å²) in [6.07, 6.45) is 0. The Labute approximate surface area is 128 Å². The lowest BCUT2D eigenvalue weighted by Gasteiger charge is -2.32. The zero-order valence-electron chi connectivity index (χ0n) is 12.7. The summed E-state index contributed by atoms with van der Waals surface area (Å²) in [5.74, 6) is -0.281. The van der Waals surface area contributed by atoms with Crippen molar-refractivity contribution in [2.45, 2.75) is 0 Å². The van der Waals surface area contributed by atoms with Crippen LogP contribution in [0, 0.1) is 0 Å². The molecule has 22 heavy (non-hydrogen) atoms. The molecular formula is C15H19N5O2. The first-order chi connectivity index (χ1) is 10.6. The number of aromatic nitrogens is 2. The number of likely N-dealkylation sites (N-methyl/N-ethyl adjacent to an activating group) is 1. The molecule has 0 radical (unpaired) electrons. The minimum absolute atomic E-state index is 0.202. The number of carbonyl (C=O) groups excluding carboxylic acids is 1. The van der Waals surface area contributed by atoms with Gasteiger partial charge < -0.3 is 4.90 Å². The number of rotatable bonds is 2. The first kappa shape index (κ1) is 14.7. The van der Waals surface area contributed by atoms with Gasteiger partial charge in [-0.2, -0.15) is 5.10 Å². The smallest absolute Gasteiger partial charge is 0.286 e. The van der Waals surface area contributed by atoms with Gasteiger partial charge in [0.1, 0.15) is 0 Å². The molecule has 1 saturated heterocycles. The van der Waals surface area contributed by atoms with Crippen molar-refractivity contribution < 1.29 is 4.79 Å².